The number of methoxy groups -OCH3 is 1. The highest BCUT2D eigenvalue weighted by atomic mass is 16.5. The topological polar surface area (TPSA) is 97.6 Å². The summed E-state index contributed by atoms with van der Waals surface area (Å²) in [5.41, 5.74) is 2.25. The first-order valence-corrected chi connectivity index (χ1v) is 10.1. The van der Waals surface area contributed by atoms with E-state index in [0.717, 1.165) is 16.9 Å². The van der Waals surface area contributed by atoms with Crippen molar-refractivity contribution in [1.82, 2.24) is 20.4 Å². The monoisotopic (exact) mass is 422 g/mol. The van der Waals surface area contributed by atoms with E-state index in [9.17, 15) is 9.59 Å². The van der Waals surface area contributed by atoms with Gasteiger partial charge in [0.05, 0.1) is 7.11 Å². The summed E-state index contributed by atoms with van der Waals surface area (Å²) < 4.78 is 10.5. The Kier molecular flexibility index (Phi) is 7.37. The fourth-order valence-corrected chi connectivity index (χ4v) is 2.93. The van der Waals surface area contributed by atoms with Crippen LogP contribution in [-0.2, 0) is 17.8 Å². The summed E-state index contributed by atoms with van der Waals surface area (Å²) in [6.45, 7) is 2.78. The predicted octanol–water partition coefficient (Wildman–Crippen LogP) is 3.09. The van der Waals surface area contributed by atoms with Crippen molar-refractivity contribution in [2.24, 2.45) is 0 Å². The van der Waals surface area contributed by atoms with Crippen LogP contribution in [0.15, 0.2) is 53.1 Å². The lowest BCUT2D eigenvalue weighted by atomic mass is 10.1. The molecule has 0 unspecified atom stereocenters. The molecular formula is C23H26N4O4. The zero-order valence-electron chi connectivity index (χ0n) is 17.9. The van der Waals surface area contributed by atoms with Crippen LogP contribution in [-0.4, -0.2) is 47.6 Å². The van der Waals surface area contributed by atoms with Gasteiger partial charge in [0.15, 0.2) is 5.82 Å². The first-order chi connectivity index (χ1) is 15.0. The normalized spacial score (nSPS) is 10.5. The molecule has 0 aliphatic carbocycles. The molecule has 0 aliphatic heterocycles. The van der Waals surface area contributed by atoms with Gasteiger partial charge in [-0.3, -0.25) is 9.59 Å². The van der Waals surface area contributed by atoms with Gasteiger partial charge in [-0.1, -0.05) is 24.2 Å². The average Bonchev–Trinajstić information content (AvgIpc) is 3.30. The van der Waals surface area contributed by atoms with Gasteiger partial charge >= 0.3 is 0 Å². The number of aromatic nitrogens is 2. The third-order valence-electron chi connectivity index (χ3n) is 4.87. The van der Waals surface area contributed by atoms with Crippen molar-refractivity contribution in [2.45, 2.75) is 26.3 Å². The predicted molar refractivity (Wildman–Crippen MR) is 116 cm³/mol. The van der Waals surface area contributed by atoms with E-state index in [0.29, 0.717) is 43.2 Å². The number of likely N-dealkylation sites (N-methyl/N-ethyl adjacent to an activating group) is 1. The van der Waals surface area contributed by atoms with E-state index in [1.165, 1.54) is 0 Å². The Hall–Kier alpha value is -3.68. The number of benzene rings is 2. The minimum atomic E-state index is -0.169. The molecule has 0 atom stereocenters. The maximum atomic E-state index is 12.4. The van der Waals surface area contributed by atoms with Crippen molar-refractivity contribution in [3.63, 3.8) is 0 Å². The molecule has 0 aliphatic rings. The van der Waals surface area contributed by atoms with Crippen molar-refractivity contribution in [1.29, 1.82) is 0 Å². The molecular weight excluding hydrogens is 396 g/mol. The minimum absolute atomic E-state index is 0.0737. The Morgan fingerprint density at radius 2 is 1.81 bits per heavy atom. The van der Waals surface area contributed by atoms with Crippen LogP contribution in [0.5, 0.6) is 5.75 Å². The Labute approximate surface area is 181 Å². The number of nitrogens with one attached hydrogen (secondary N) is 1. The number of rotatable bonds is 9. The van der Waals surface area contributed by atoms with Crippen LogP contribution < -0.4 is 10.1 Å². The molecule has 3 aromatic rings. The summed E-state index contributed by atoms with van der Waals surface area (Å²) in [5.74, 6) is 1.59. The molecule has 0 saturated carbocycles. The molecule has 162 valence electrons. The lowest BCUT2D eigenvalue weighted by molar-refractivity contribution is -0.129. The van der Waals surface area contributed by atoms with E-state index in [4.69, 9.17) is 9.26 Å². The Morgan fingerprint density at radius 1 is 1.10 bits per heavy atom. The van der Waals surface area contributed by atoms with Crippen molar-refractivity contribution >= 4 is 11.8 Å². The van der Waals surface area contributed by atoms with Gasteiger partial charge in [0.1, 0.15) is 5.75 Å². The van der Waals surface area contributed by atoms with Gasteiger partial charge in [0.2, 0.25) is 5.91 Å². The van der Waals surface area contributed by atoms with Crippen LogP contribution in [0.25, 0.3) is 11.5 Å². The fourth-order valence-electron chi connectivity index (χ4n) is 2.93. The lowest BCUT2D eigenvalue weighted by Gasteiger charge is -2.14. The summed E-state index contributed by atoms with van der Waals surface area (Å²) in [6, 6.07) is 14.5. The molecule has 0 spiro atoms. The first kappa shape index (κ1) is 22.0. The minimum Gasteiger partial charge on any atom is -0.497 e. The molecule has 0 fully saturated rings. The van der Waals surface area contributed by atoms with Gasteiger partial charge in [-0.15, -0.1) is 0 Å². The third kappa shape index (κ3) is 5.91. The number of nitrogens with zero attached hydrogens (tertiary/aromatic N) is 3. The zero-order valence-corrected chi connectivity index (χ0v) is 17.9. The molecule has 0 bridgehead atoms. The van der Waals surface area contributed by atoms with Crippen LogP contribution in [0.2, 0.25) is 0 Å². The van der Waals surface area contributed by atoms with Crippen LogP contribution in [0, 0.1) is 0 Å². The van der Waals surface area contributed by atoms with E-state index in [-0.39, 0.29) is 11.8 Å². The molecule has 0 radical (unpaired) electrons. The second-order valence-corrected chi connectivity index (χ2v) is 7.04. The van der Waals surface area contributed by atoms with Gasteiger partial charge in [-0.2, -0.15) is 4.98 Å². The highest BCUT2D eigenvalue weighted by Gasteiger charge is 2.12. The second kappa shape index (κ2) is 10.4. The Balaban J connectivity index is 1.55. The SMILES string of the molecule is CCC(=O)N(C)CCc1noc(-c2ccc(C(=O)NCc3ccc(OC)cc3)cc2)n1. The smallest absolute Gasteiger partial charge is 0.257 e. The second-order valence-electron chi connectivity index (χ2n) is 7.04. The highest BCUT2D eigenvalue weighted by Crippen LogP contribution is 2.18. The number of amides is 2. The summed E-state index contributed by atoms with van der Waals surface area (Å²) in [6.07, 6.45) is 0.978. The van der Waals surface area contributed by atoms with Crippen LogP contribution in [0.1, 0.15) is 35.1 Å². The molecule has 8 heteroatoms. The van der Waals surface area contributed by atoms with Gasteiger partial charge in [-0.05, 0) is 42.0 Å². The van der Waals surface area contributed by atoms with Crippen LogP contribution in [0.3, 0.4) is 0 Å². The maximum Gasteiger partial charge on any atom is 0.257 e. The average molecular weight is 422 g/mol. The molecule has 1 N–H and O–H groups in total. The largest absolute Gasteiger partial charge is 0.497 e. The van der Waals surface area contributed by atoms with Crippen LogP contribution in [0.4, 0.5) is 0 Å². The molecule has 2 amide bonds. The number of hydrogen-bond donors (Lipinski definition) is 1. The van der Waals surface area contributed by atoms with Gasteiger partial charge < -0.3 is 19.5 Å². The van der Waals surface area contributed by atoms with Gasteiger partial charge in [0, 0.05) is 44.1 Å². The third-order valence-corrected chi connectivity index (χ3v) is 4.87. The maximum absolute atomic E-state index is 12.4. The quantitative estimate of drug-likeness (QED) is 0.569. The van der Waals surface area contributed by atoms with Crippen molar-refractivity contribution < 1.29 is 18.8 Å². The van der Waals surface area contributed by atoms with Crippen molar-refractivity contribution in [3.8, 4) is 17.2 Å². The molecule has 0 saturated heterocycles. The Morgan fingerprint density at radius 3 is 2.45 bits per heavy atom. The van der Waals surface area contributed by atoms with E-state index in [1.807, 2.05) is 31.2 Å². The Bertz CT molecular complexity index is 1010. The first-order valence-electron chi connectivity index (χ1n) is 10.1. The summed E-state index contributed by atoms with van der Waals surface area (Å²) >= 11 is 0. The van der Waals surface area contributed by atoms with Crippen LogP contribution >= 0.6 is 0 Å². The molecule has 31 heavy (non-hydrogen) atoms. The molecule has 3 rings (SSSR count). The van der Waals surface area contributed by atoms with E-state index in [2.05, 4.69) is 15.5 Å². The zero-order chi connectivity index (χ0) is 22.2. The highest BCUT2D eigenvalue weighted by molar-refractivity contribution is 5.94. The van der Waals surface area contributed by atoms with E-state index >= 15 is 0 Å². The molecule has 2 aromatic carbocycles. The number of carbonyl (C=O) groups is 2. The van der Waals surface area contributed by atoms with Gasteiger partial charge in [0.25, 0.3) is 11.8 Å². The standard InChI is InChI=1S/C23H26N4O4/c1-4-21(28)27(2)14-13-20-25-23(31-26-20)18-9-7-17(8-10-18)22(29)24-15-16-5-11-19(30-3)12-6-16/h5-12H,4,13-15H2,1-3H3,(H,24,29). The van der Waals surface area contributed by atoms with Crippen molar-refractivity contribution in [2.75, 3.05) is 20.7 Å². The fraction of sp³-hybridized carbons (Fsp3) is 0.304. The number of carbonyl (C=O) groups excluding carboxylic acids is 2. The summed E-state index contributed by atoms with van der Waals surface area (Å²) in [7, 11) is 3.37. The molecule has 1 aromatic heterocycles. The molecule has 1 heterocycles. The van der Waals surface area contributed by atoms with Gasteiger partial charge in [-0.25, -0.2) is 0 Å². The van der Waals surface area contributed by atoms with E-state index in [1.54, 1.807) is 43.3 Å². The summed E-state index contributed by atoms with van der Waals surface area (Å²) in [5, 5.41) is 6.86. The number of hydrogen-bond acceptors (Lipinski definition) is 6. The summed E-state index contributed by atoms with van der Waals surface area (Å²) in [4.78, 5) is 30.1. The number of ether oxygens (including phenoxy) is 1. The van der Waals surface area contributed by atoms with E-state index < -0.39 is 0 Å². The van der Waals surface area contributed by atoms with Crippen molar-refractivity contribution in [3.05, 3.63) is 65.5 Å². The molecule has 8 nitrogen and oxygen atoms in total. The lowest BCUT2D eigenvalue weighted by Crippen LogP contribution is -2.28.